The van der Waals surface area contributed by atoms with Gasteiger partial charge in [0.1, 0.15) is 0 Å². The summed E-state index contributed by atoms with van der Waals surface area (Å²) >= 11 is 0. The molecule has 0 radical (unpaired) electrons. The molecule has 6 rings (SSSR count). The number of halogens is 18. The lowest BCUT2D eigenvalue weighted by molar-refractivity contribution is -0.309. The van der Waals surface area contributed by atoms with Crippen LogP contribution in [-0.2, 0) is 49.4 Å². The molecule has 432 valence electrons. The van der Waals surface area contributed by atoms with Gasteiger partial charge in [0.15, 0.2) is 0 Å². The van der Waals surface area contributed by atoms with Gasteiger partial charge in [-0.2, -0.15) is 98.2 Å². The highest BCUT2D eigenvalue weighted by molar-refractivity contribution is 5.68. The Bertz CT molecular complexity index is 2110. The first kappa shape index (κ1) is 66.8. The van der Waals surface area contributed by atoms with Gasteiger partial charge in [-0.15, -0.1) is 0 Å². The third-order valence-electron chi connectivity index (χ3n) is 12.0. The highest BCUT2D eigenvalue weighted by atomic mass is 19.4. The number of piperazine rings is 2. The van der Waals surface area contributed by atoms with Gasteiger partial charge in [0, 0.05) is 103 Å². The second-order valence-corrected chi connectivity index (χ2v) is 17.9. The van der Waals surface area contributed by atoms with Crippen molar-refractivity contribution in [2.24, 2.45) is 11.8 Å². The number of ether oxygens (including phenoxy) is 1. The van der Waals surface area contributed by atoms with Crippen LogP contribution in [0.2, 0.25) is 0 Å². The second-order valence-electron chi connectivity index (χ2n) is 17.9. The first-order chi connectivity index (χ1) is 34.9. The van der Waals surface area contributed by atoms with Crippen LogP contribution in [-0.4, -0.2) is 154 Å². The molecule has 0 spiro atoms. The summed E-state index contributed by atoms with van der Waals surface area (Å²) < 4.78 is 226. The summed E-state index contributed by atoms with van der Waals surface area (Å²) in [5.74, 6) is 1.14. The van der Waals surface area contributed by atoms with Crippen molar-refractivity contribution in [3.8, 4) is 0 Å². The van der Waals surface area contributed by atoms with Crippen LogP contribution in [0.5, 0.6) is 0 Å². The molecule has 4 aliphatic rings. The molecule has 13 nitrogen and oxygen atoms in total. The molecule has 2 aromatic carbocycles. The molecular weight excluding hydrogens is 1080 g/mol. The van der Waals surface area contributed by atoms with E-state index in [1.165, 1.54) is 12.1 Å². The molecule has 0 aromatic heterocycles. The van der Waals surface area contributed by atoms with Crippen molar-refractivity contribution in [2.75, 3.05) is 88.3 Å². The smallest absolute Gasteiger partial charge is 0.426 e. The summed E-state index contributed by atoms with van der Waals surface area (Å²) in [6.07, 6.45) is -37.7. The Hall–Kier alpha value is -5.35. The predicted octanol–water partition coefficient (Wildman–Crippen LogP) is 9.34. The van der Waals surface area contributed by atoms with E-state index in [0.717, 1.165) is 88.3 Å². The monoisotopic (exact) mass is 1130 g/mol. The van der Waals surface area contributed by atoms with E-state index in [1.54, 1.807) is 11.0 Å². The highest BCUT2D eigenvalue weighted by Crippen LogP contribution is 2.38. The molecular formula is C45H54F18N6O7. The molecule has 1 amide bonds. The second kappa shape index (κ2) is 28.9. The zero-order valence-electron chi connectivity index (χ0n) is 40.4. The van der Waals surface area contributed by atoms with E-state index in [1.807, 2.05) is 11.0 Å². The zero-order chi connectivity index (χ0) is 58.0. The molecule has 31 heteroatoms. The summed E-state index contributed by atoms with van der Waals surface area (Å²) in [5, 5.41) is 10.7. The number of nitrogens with zero attached hydrogens (tertiary/aromatic N) is 5. The number of alkyl halides is 18. The summed E-state index contributed by atoms with van der Waals surface area (Å²) in [5.41, 5.74) is 0.968. The topological polar surface area (TPSA) is 143 Å². The molecule has 2 N–H and O–H groups in total. The van der Waals surface area contributed by atoms with E-state index in [4.69, 9.17) is 24.3 Å². The van der Waals surface area contributed by atoms with Crippen LogP contribution >= 0.6 is 0 Å². The average molecular weight is 1130 g/mol. The van der Waals surface area contributed by atoms with Crippen molar-refractivity contribution < 1.29 is 113 Å². The third-order valence-corrected chi connectivity index (χ3v) is 12.0. The summed E-state index contributed by atoms with van der Waals surface area (Å²) in [4.78, 5) is 53.0. The number of aliphatic hydroxyl groups is 1. The number of hydrogen-bond donors (Lipinski definition) is 2. The van der Waals surface area contributed by atoms with E-state index in [9.17, 15) is 83.8 Å². The van der Waals surface area contributed by atoms with Crippen LogP contribution in [0.1, 0.15) is 61.8 Å². The van der Waals surface area contributed by atoms with Gasteiger partial charge >= 0.3 is 55.5 Å². The van der Waals surface area contributed by atoms with E-state index >= 15 is 0 Å². The minimum atomic E-state index is -5.82. The fraction of sp³-hybridized carbons (Fsp3) is 0.667. The molecule has 2 aromatic rings. The maximum Gasteiger partial charge on any atom is 0.434 e. The van der Waals surface area contributed by atoms with Gasteiger partial charge in [0.05, 0.1) is 11.1 Å². The molecule has 0 bridgehead atoms. The van der Waals surface area contributed by atoms with Gasteiger partial charge in [-0.3, -0.25) is 9.80 Å². The van der Waals surface area contributed by atoms with E-state index in [-0.39, 0.29) is 45.0 Å². The lowest BCUT2D eigenvalue weighted by Gasteiger charge is -2.36. The number of aliphatic hydroxyl groups excluding tert-OH is 1. The number of carbonyl (C=O) groups is 1. The molecule has 76 heavy (non-hydrogen) atoms. The Labute approximate surface area is 423 Å². The van der Waals surface area contributed by atoms with E-state index in [2.05, 4.69) is 33.7 Å². The number of benzene rings is 2. The van der Waals surface area contributed by atoms with Gasteiger partial charge in [0.2, 0.25) is 6.10 Å². The van der Waals surface area contributed by atoms with Crippen molar-refractivity contribution in [3.05, 3.63) is 58.7 Å². The molecule has 0 unspecified atom stereocenters. The fourth-order valence-electron chi connectivity index (χ4n) is 7.91. The van der Waals surface area contributed by atoms with Crippen molar-refractivity contribution in [3.63, 3.8) is 0 Å². The van der Waals surface area contributed by atoms with Gasteiger partial charge in [-0.25, -0.2) is 4.79 Å². The molecule has 0 atom stereocenters. The van der Waals surface area contributed by atoms with Crippen LogP contribution in [0, 0.1) is 11.8 Å². The number of amides is 1. The van der Waals surface area contributed by atoms with Gasteiger partial charge in [-0.05, 0) is 85.0 Å². The van der Waals surface area contributed by atoms with Crippen molar-refractivity contribution in [1.82, 2.24) is 20.0 Å². The molecule has 4 saturated heterocycles. The van der Waals surface area contributed by atoms with Crippen LogP contribution in [0.4, 0.5) is 95.2 Å². The molecule has 4 fully saturated rings. The Balaban J connectivity index is 0.000000421. The Kier molecular flexibility index (Phi) is 25.4. The van der Waals surface area contributed by atoms with Crippen LogP contribution in [0.15, 0.2) is 36.4 Å². The number of anilines is 2. The normalized spacial score (nSPS) is 17.9. The van der Waals surface area contributed by atoms with Crippen LogP contribution < -0.4 is 15.1 Å². The largest absolute Gasteiger partial charge is 0.434 e. The number of nitrogens with one attached hydrogen (secondary N) is 1. The minimum Gasteiger partial charge on any atom is -0.426 e. The fourth-order valence-corrected chi connectivity index (χ4v) is 7.91. The molecule has 0 aliphatic carbocycles. The number of hydrogen-bond acceptors (Lipinski definition) is 12. The van der Waals surface area contributed by atoms with Gasteiger partial charge in [-0.1, -0.05) is 13.8 Å². The summed E-state index contributed by atoms with van der Waals surface area (Å²) in [6.45, 7) is 11.0. The standard InChI is InChI=1S/C22H26F9N3O2.C18H26F3N3.C3H2F6O.2CO2/c1-14-2-4-33(5-3-14)17-11-15(10-16(12-17)20(23,24)25)13-32-6-8-34(9-7-32)19(35)36-18(21(26,27)28)22(29,30)31;1-14-2-6-24(7-3-14)17-11-15(10-16(12-17)18(19,20)21)13-23-8-4-22-5-9-23;4-2(5,6)1(10)3(7,8)9;2*2-1-3/h10-12,14,18H,2-9,13H2,1H3;10-12,14,22H,2-9,13H2,1H3;1,10H;;. The first-order valence-corrected chi connectivity index (χ1v) is 22.9. The predicted molar refractivity (Wildman–Crippen MR) is 230 cm³/mol. The van der Waals surface area contributed by atoms with Crippen molar-refractivity contribution in [1.29, 1.82) is 0 Å². The van der Waals surface area contributed by atoms with Crippen LogP contribution in [0.25, 0.3) is 0 Å². The summed E-state index contributed by atoms with van der Waals surface area (Å²) in [6, 6.07) is 8.37. The van der Waals surface area contributed by atoms with Gasteiger partial charge in [0.25, 0.3) is 6.10 Å². The number of carbonyl (C=O) groups excluding carboxylic acids is 5. The quantitative estimate of drug-likeness (QED) is 0.255. The Morgan fingerprint density at radius 1 is 0.539 bits per heavy atom. The van der Waals surface area contributed by atoms with Crippen molar-refractivity contribution >= 4 is 29.8 Å². The maximum absolute atomic E-state index is 13.5. The average Bonchev–Trinajstić information content (AvgIpc) is 3.30. The van der Waals surface area contributed by atoms with Gasteiger partial charge < -0.3 is 29.9 Å². The first-order valence-electron chi connectivity index (χ1n) is 22.9. The number of rotatable bonds is 7. The highest BCUT2D eigenvalue weighted by Gasteiger charge is 2.60. The maximum atomic E-state index is 13.5. The van der Waals surface area contributed by atoms with Crippen LogP contribution in [0.3, 0.4) is 0 Å². The van der Waals surface area contributed by atoms with E-state index < -0.39 is 66.5 Å². The number of piperidine rings is 2. The molecule has 4 aliphatic heterocycles. The SMILES string of the molecule is CC1CCN(c2cc(CN3CCN(C(=O)OC(C(F)(F)F)C(F)(F)F)CC3)cc(C(F)(F)F)c2)CC1.CC1CCN(c2cc(CN3CCNCC3)cc(C(F)(F)F)c2)CC1.O=C=O.O=C=O.OC(C(F)(F)F)C(F)(F)F. The molecule has 4 heterocycles. The van der Waals surface area contributed by atoms with Crippen molar-refractivity contribution in [2.45, 2.75) is 102 Å². The Morgan fingerprint density at radius 2 is 0.868 bits per heavy atom. The zero-order valence-corrected chi connectivity index (χ0v) is 40.4. The van der Waals surface area contributed by atoms with E-state index in [0.29, 0.717) is 47.6 Å². The Morgan fingerprint density at radius 3 is 1.16 bits per heavy atom. The lowest BCUT2D eigenvalue weighted by atomic mass is 9.98. The molecule has 0 saturated carbocycles. The third kappa shape index (κ3) is 23.1. The summed E-state index contributed by atoms with van der Waals surface area (Å²) in [7, 11) is 0. The lowest BCUT2D eigenvalue weighted by Crippen LogP contribution is -2.52. The minimum absolute atomic E-state index is 0.0324.